The van der Waals surface area contributed by atoms with E-state index in [1.165, 1.54) is 6.07 Å². The van der Waals surface area contributed by atoms with Crippen LogP contribution in [0.25, 0.3) is 11.5 Å². The van der Waals surface area contributed by atoms with E-state index in [1.54, 1.807) is 4.90 Å². The van der Waals surface area contributed by atoms with Crippen LogP contribution < -0.4 is 5.32 Å². The van der Waals surface area contributed by atoms with Gasteiger partial charge < -0.3 is 14.1 Å². The Morgan fingerprint density at radius 2 is 2.19 bits per heavy atom. The Morgan fingerprint density at radius 3 is 3.00 bits per heavy atom. The molecule has 0 spiro atoms. The average molecular weight is 378 g/mol. The Morgan fingerprint density at radius 1 is 1.33 bits per heavy atom. The first-order valence-corrected chi connectivity index (χ1v) is 8.52. The first-order valence-electron chi connectivity index (χ1n) is 8.52. The van der Waals surface area contributed by atoms with E-state index >= 15 is 0 Å². The highest BCUT2D eigenvalue weighted by molar-refractivity contribution is 5.88. The van der Waals surface area contributed by atoms with Crippen molar-refractivity contribution in [3.8, 4) is 11.5 Å². The summed E-state index contributed by atoms with van der Waals surface area (Å²) in [4.78, 5) is 25.4. The number of amides is 2. The molecule has 0 aliphatic carbocycles. The van der Waals surface area contributed by atoms with Crippen LogP contribution in [0.4, 0.5) is 19.6 Å². The summed E-state index contributed by atoms with van der Waals surface area (Å²) in [6, 6.07) is 2.82. The van der Waals surface area contributed by atoms with E-state index in [1.807, 2.05) is 0 Å². The third-order valence-corrected chi connectivity index (χ3v) is 4.77. The number of nitrogens with zero attached hydrogens (tertiary/aromatic N) is 3. The Bertz CT molecular complexity index is 888. The summed E-state index contributed by atoms with van der Waals surface area (Å²) >= 11 is 0. The second-order valence-electron chi connectivity index (χ2n) is 6.60. The van der Waals surface area contributed by atoms with Crippen molar-refractivity contribution in [1.29, 1.82) is 0 Å². The predicted molar refractivity (Wildman–Crippen MR) is 87.5 cm³/mol. The molecule has 27 heavy (non-hydrogen) atoms. The number of fused-ring (bicyclic) bond motifs is 1. The van der Waals surface area contributed by atoms with Crippen LogP contribution in [-0.2, 0) is 9.53 Å². The Balaban J connectivity index is 1.35. The smallest absolute Gasteiger partial charge is 0.410 e. The Kier molecular flexibility index (Phi) is 4.46. The standard InChI is InChI=1S/C17H16F2N4O4/c18-10-1-2-12(13(19)7-10)15-21-22-16(27-15)20-14(24)6-9-3-4-23-11(5-9)8-26-17(23)25/h1-2,7,9,11H,3-6,8H2,(H,20,22,24). The number of ether oxygens (including phenoxy) is 1. The zero-order chi connectivity index (χ0) is 19.0. The van der Waals surface area contributed by atoms with E-state index in [-0.39, 0.29) is 47.8 Å². The van der Waals surface area contributed by atoms with Crippen LogP contribution in [0.2, 0.25) is 0 Å². The van der Waals surface area contributed by atoms with Crippen molar-refractivity contribution >= 4 is 18.0 Å². The van der Waals surface area contributed by atoms with Crippen LogP contribution in [0, 0.1) is 17.6 Å². The molecule has 2 fully saturated rings. The number of hydrogen-bond donors (Lipinski definition) is 1. The molecule has 8 nitrogen and oxygen atoms in total. The lowest BCUT2D eigenvalue weighted by atomic mass is 9.89. The second-order valence-corrected chi connectivity index (χ2v) is 6.60. The van der Waals surface area contributed by atoms with Crippen molar-refractivity contribution in [3.05, 3.63) is 29.8 Å². The van der Waals surface area contributed by atoms with Gasteiger partial charge in [0.1, 0.15) is 18.2 Å². The second kappa shape index (κ2) is 6.93. The van der Waals surface area contributed by atoms with Crippen molar-refractivity contribution in [2.24, 2.45) is 5.92 Å². The fraction of sp³-hybridized carbons (Fsp3) is 0.412. The zero-order valence-corrected chi connectivity index (χ0v) is 14.2. The maximum absolute atomic E-state index is 13.8. The molecule has 1 aromatic heterocycles. The number of benzene rings is 1. The minimum Gasteiger partial charge on any atom is -0.447 e. The van der Waals surface area contributed by atoms with Gasteiger partial charge in [-0.15, -0.1) is 5.10 Å². The van der Waals surface area contributed by atoms with E-state index in [4.69, 9.17) is 9.15 Å². The third-order valence-electron chi connectivity index (χ3n) is 4.77. The minimum absolute atomic E-state index is 0.0144. The van der Waals surface area contributed by atoms with E-state index in [2.05, 4.69) is 15.5 Å². The number of aromatic nitrogens is 2. The fourth-order valence-electron chi connectivity index (χ4n) is 3.45. The number of piperidine rings is 1. The van der Waals surface area contributed by atoms with Crippen LogP contribution in [0.3, 0.4) is 0 Å². The van der Waals surface area contributed by atoms with Crippen LogP contribution in [0.5, 0.6) is 0 Å². The summed E-state index contributed by atoms with van der Waals surface area (Å²) in [6.45, 7) is 0.920. The molecule has 1 N–H and O–H groups in total. The van der Waals surface area contributed by atoms with E-state index in [0.29, 0.717) is 32.1 Å². The van der Waals surface area contributed by atoms with E-state index in [0.717, 1.165) is 6.07 Å². The zero-order valence-electron chi connectivity index (χ0n) is 14.2. The van der Waals surface area contributed by atoms with E-state index < -0.39 is 11.6 Å². The molecule has 2 atom stereocenters. The highest BCUT2D eigenvalue weighted by Gasteiger charge is 2.38. The van der Waals surface area contributed by atoms with Crippen LogP contribution in [0.15, 0.2) is 22.6 Å². The van der Waals surface area contributed by atoms with Crippen molar-refractivity contribution in [1.82, 2.24) is 15.1 Å². The summed E-state index contributed by atoms with van der Waals surface area (Å²) in [5, 5.41) is 9.84. The number of carbonyl (C=O) groups excluding carboxylic acids is 2. The van der Waals surface area contributed by atoms with Crippen molar-refractivity contribution in [2.45, 2.75) is 25.3 Å². The average Bonchev–Trinajstić information content (AvgIpc) is 3.22. The quantitative estimate of drug-likeness (QED) is 0.878. The summed E-state index contributed by atoms with van der Waals surface area (Å²) < 4.78 is 37.0. The number of rotatable bonds is 4. The maximum atomic E-state index is 13.8. The molecular formula is C17H16F2N4O4. The number of carbonyl (C=O) groups is 2. The predicted octanol–water partition coefficient (Wildman–Crippen LogP) is 2.57. The SMILES string of the molecule is O=C(CC1CCN2C(=O)OCC2C1)Nc1nnc(-c2ccc(F)cc2F)o1. The lowest BCUT2D eigenvalue weighted by molar-refractivity contribution is -0.117. The molecule has 0 saturated carbocycles. The van der Waals surface area contributed by atoms with Crippen molar-refractivity contribution in [2.75, 3.05) is 18.5 Å². The lowest BCUT2D eigenvalue weighted by Crippen LogP contribution is -2.41. The molecule has 2 aliphatic rings. The lowest BCUT2D eigenvalue weighted by Gasteiger charge is -2.31. The van der Waals surface area contributed by atoms with Gasteiger partial charge in [0.2, 0.25) is 5.91 Å². The summed E-state index contributed by atoms with van der Waals surface area (Å²) in [6.07, 6.45) is 1.33. The summed E-state index contributed by atoms with van der Waals surface area (Å²) in [5.74, 6) is -1.91. The normalized spacial score (nSPS) is 21.7. The Labute approximate surface area is 152 Å². The molecule has 2 unspecified atom stereocenters. The van der Waals surface area contributed by atoms with Gasteiger partial charge in [0, 0.05) is 19.0 Å². The molecule has 0 bridgehead atoms. The third kappa shape index (κ3) is 3.60. The highest BCUT2D eigenvalue weighted by Crippen LogP contribution is 2.30. The van der Waals surface area contributed by atoms with Crippen LogP contribution in [0.1, 0.15) is 19.3 Å². The van der Waals surface area contributed by atoms with Crippen LogP contribution in [-0.4, -0.2) is 46.3 Å². The number of anilines is 1. The van der Waals surface area contributed by atoms with Gasteiger partial charge >= 0.3 is 12.1 Å². The van der Waals surface area contributed by atoms with Crippen LogP contribution >= 0.6 is 0 Å². The van der Waals surface area contributed by atoms with Crippen molar-refractivity contribution in [3.63, 3.8) is 0 Å². The largest absolute Gasteiger partial charge is 0.447 e. The van der Waals surface area contributed by atoms with Crippen molar-refractivity contribution < 1.29 is 27.5 Å². The molecule has 2 aromatic rings. The fourth-order valence-corrected chi connectivity index (χ4v) is 3.45. The monoisotopic (exact) mass is 378 g/mol. The molecule has 1 aromatic carbocycles. The first kappa shape index (κ1) is 17.4. The number of hydrogen-bond acceptors (Lipinski definition) is 6. The highest BCUT2D eigenvalue weighted by atomic mass is 19.1. The number of cyclic esters (lactones) is 1. The molecule has 2 saturated heterocycles. The maximum Gasteiger partial charge on any atom is 0.410 e. The molecule has 2 amide bonds. The molecule has 4 rings (SSSR count). The summed E-state index contributed by atoms with van der Waals surface area (Å²) in [5.41, 5.74) is -0.0531. The van der Waals surface area contributed by atoms with Gasteiger partial charge in [-0.1, -0.05) is 5.10 Å². The number of nitrogens with one attached hydrogen (secondary N) is 1. The van der Waals surface area contributed by atoms with Gasteiger partial charge in [0.15, 0.2) is 0 Å². The van der Waals surface area contributed by atoms with Gasteiger partial charge in [-0.2, -0.15) is 0 Å². The molecule has 10 heteroatoms. The molecule has 2 aliphatic heterocycles. The van der Waals surface area contributed by atoms with Gasteiger partial charge in [-0.05, 0) is 30.9 Å². The molecule has 0 radical (unpaired) electrons. The molecular weight excluding hydrogens is 362 g/mol. The minimum atomic E-state index is -0.836. The van der Waals surface area contributed by atoms with Gasteiger partial charge in [-0.3, -0.25) is 10.1 Å². The molecule has 142 valence electrons. The molecule has 3 heterocycles. The van der Waals surface area contributed by atoms with E-state index in [9.17, 15) is 18.4 Å². The van der Waals surface area contributed by atoms with Gasteiger partial charge in [-0.25, -0.2) is 13.6 Å². The van der Waals surface area contributed by atoms with Gasteiger partial charge in [0.25, 0.3) is 5.89 Å². The first-order chi connectivity index (χ1) is 13.0. The Hall–Kier alpha value is -3.04. The van der Waals surface area contributed by atoms with Gasteiger partial charge in [0.05, 0.1) is 11.6 Å². The summed E-state index contributed by atoms with van der Waals surface area (Å²) in [7, 11) is 0. The number of halogens is 2. The topological polar surface area (TPSA) is 97.6 Å².